The van der Waals surface area contributed by atoms with E-state index in [9.17, 15) is 9.59 Å². The maximum Gasteiger partial charge on any atom is 0.232 e. The van der Waals surface area contributed by atoms with E-state index in [1.807, 2.05) is 0 Å². The molecule has 0 aromatic heterocycles. The highest BCUT2D eigenvalue weighted by Gasteiger charge is 2.23. The first-order valence-corrected chi connectivity index (χ1v) is 5.07. The molecule has 2 rings (SSSR count). The first-order chi connectivity index (χ1) is 6.58. The number of fused-ring (bicyclic) bond motifs is 1. The van der Waals surface area contributed by atoms with Crippen LogP contribution in [0.15, 0.2) is 16.6 Å². The Balaban J connectivity index is 2.60. The first kappa shape index (κ1) is 9.68. The Morgan fingerprint density at radius 2 is 2.07 bits per heavy atom. The van der Waals surface area contributed by atoms with Gasteiger partial charge in [-0.25, -0.2) is 0 Å². The topological polar surface area (TPSA) is 46.2 Å². The van der Waals surface area contributed by atoms with Gasteiger partial charge in [0.15, 0.2) is 5.78 Å². The Labute approximate surface area is 93.6 Å². The van der Waals surface area contributed by atoms with Crippen LogP contribution in [-0.4, -0.2) is 11.7 Å². The second-order valence-corrected chi connectivity index (χ2v) is 4.22. The number of amides is 1. The van der Waals surface area contributed by atoms with Gasteiger partial charge in [-0.05, 0) is 28.1 Å². The van der Waals surface area contributed by atoms with Gasteiger partial charge in [0.25, 0.3) is 0 Å². The zero-order valence-electron chi connectivity index (χ0n) is 6.93. The van der Waals surface area contributed by atoms with Crippen LogP contribution >= 0.6 is 27.5 Å². The number of halogens is 2. The van der Waals surface area contributed by atoms with Crippen molar-refractivity contribution >= 4 is 44.9 Å². The molecular formula is C9H5BrClNO2. The zero-order chi connectivity index (χ0) is 10.3. The summed E-state index contributed by atoms with van der Waals surface area (Å²) in [6.45, 7) is 0. The van der Waals surface area contributed by atoms with Crippen molar-refractivity contribution in [1.82, 2.24) is 0 Å². The predicted molar refractivity (Wildman–Crippen MR) is 56.7 cm³/mol. The Morgan fingerprint density at radius 3 is 2.79 bits per heavy atom. The van der Waals surface area contributed by atoms with Crippen molar-refractivity contribution in [3.63, 3.8) is 0 Å². The van der Waals surface area contributed by atoms with Gasteiger partial charge in [0, 0.05) is 10.0 Å². The van der Waals surface area contributed by atoms with Crippen LogP contribution in [0.5, 0.6) is 0 Å². The van der Waals surface area contributed by atoms with E-state index >= 15 is 0 Å². The summed E-state index contributed by atoms with van der Waals surface area (Å²) in [6, 6.07) is 3.19. The third-order valence-electron chi connectivity index (χ3n) is 1.96. The van der Waals surface area contributed by atoms with E-state index in [4.69, 9.17) is 11.6 Å². The molecule has 0 fully saturated rings. The summed E-state index contributed by atoms with van der Waals surface area (Å²) in [6.07, 6.45) is -0.106. The molecule has 72 valence electrons. The monoisotopic (exact) mass is 273 g/mol. The highest BCUT2D eigenvalue weighted by atomic mass is 79.9. The Kier molecular flexibility index (Phi) is 2.33. The van der Waals surface area contributed by atoms with Gasteiger partial charge in [0.2, 0.25) is 5.91 Å². The molecule has 1 N–H and O–H groups in total. The van der Waals surface area contributed by atoms with Crippen molar-refractivity contribution in [3.05, 3.63) is 27.2 Å². The van der Waals surface area contributed by atoms with E-state index in [1.54, 1.807) is 12.1 Å². The Morgan fingerprint density at radius 1 is 1.36 bits per heavy atom. The summed E-state index contributed by atoms with van der Waals surface area (Å²) in [5.41, 5.74) is 0.986. The molecule has 0 unspecified atom stereocenters. The fourth-order valence-corrected chi connectivity index (χ4v) is 1.82. The van der Waals surface area contributed by atoms with Crippen molar-refractivity contribution < 1.29 is 9.59 Å². The van der Waals surface area contributed by atoms with E-state index in [2.05, 4.69) is 21.2 Å². The summed E-state index contributed by atoms with van der Waals surface area (Å²) in [4.78, 5) is 22.5. The van der Waals surface area contributed by atoms with Crippen LogP contribution in [0.1, 0.15) is 16.8 Å². The van der Waals surface area contributed by atoms with Crippen LogP contribution in [0.25, 0.3) is 0 Å². The molecule has 0 saturated heterocycles. The third kappa shape index (κ3) is 1.55. The summed E-state index contributed by atoms with van der Waals surface area (Å²) in [5, 5.41) is 3.08. The predicted octanol–water partition coefficient (Wildman–Crippen LogP) is 2.63. The fourth-order valence-electron chi connectivity index (χ4n) is 1.32. The van der Waals surface area contributed by atoms with Gasteiger partial charge in [-0.2, -0.15) is 0 Å². The van der Waals surface area contributed by atoms with E-state index in [-0.39, 0.29) is 18.1 Å². The van der Waals surface area contributed by atoms with Crippen LogP contribution in [0, 0.1) is 0 Å². The molecular weight excluding hydrogens is 269 g/mol. The number of benzene rings is 1. The number of ketones is 1. The van der Waals surface area contributed by atoms with Crippen molar-refractivity contribution in [2.75, 3.05) is 5.32 Å². The van der Waals surface area contributed by atoms with Crippen molar-refractivity contribution in [1.29, 1.82) is 0 Å². The van der Waals surface area contributed by atoms with E-state index in [0.29, 0.717) is 20.7 Å². The zero-order valence-corrected chi connectivity index (χ0v) is 9.28. The second-order valence-electron chi connectivity index (χ2n) is 2.96. The molecule has 1 aromatic carbocycles. The maximum atomic E-state index is 11.4. The first-order valence-electron chi connectivity index (χ1n) is 3.90. The van der Waals surface area contributed by atoms with Gasteiger partial charge in [0.1, 0.15) is 0 Å². The summed E-state index contributed by atoms with van der Waals surface area (Å²) >= 11 is 9.06. The highest BCUT2D eigenvalue weighted by Crippen LogP contribution is 2.32. The van der Waals surface area contributed by atoms with Crippen LogP contribution in [-0.2, 0) is 4.79 Å². The van der Waals surface area contributed by atoms with Gasteiger partial charge >= 0.3 is 0 Å². The SMILES string of the molecule is O=C1CC(=O)c2cc(Cl)c(Br)cc2N1. The number of nitrogens with one attached hydrogen (secondary N) is 1. The molecule has 1 amide bonds. The van der Waals surface area contributed by atoms with E-state index in [0.717, 1.165) is 0 Å². The molecule has 0 saturated carbocycles. The summed E-state index contributed by atoms with van der Waals surface area (Å²) in [5.74, 6) is -0.477. The molecule has 0 aliphatic carbocycles. The molecule has 1 aliphatic rings. The van der Waals surface area contributed by atoms with Crippen LogP contribution < -0.4 is 5.32 Å². The molecule has 5 heteroatoms. The van der Waals surface area contributed by atoms with Crippen molar-refractivity contribution in [2.45, 2.75) is 6.42 Å². The second kappa shape index (κ2) is 3.37. The molecule has 3 nitrogen and oxygen atoms in total. The molecule has 0 spiro atoms. The average molecular weight is 275 g/mol. The Bertz CT molecular complexity index is 445. The molecule has 1 aliphatic heterocycles. The minimum Gasteiger partial charge on any atom is -0.325 e. The lowest BCUT2D eigenvalue weighted by atomic mass is 10.0. The van der Waals surface area contributed by atoms with E-state index in [1.165, 1.54) is 0 Å². The largest absolute Gasteiger partial charge is 0.325 e. The number of carbonyl (C=O) groups excluding carboxylic acids is 2. The Hall–Kier alpha value is -0.870. The number of Topliss-reactive ketones (excluding diaryl/α,β-unsaturated/α-hetero) is 1. The van der Waals surface area contributed by atoms with Gasteiger partial charge in [0.05, 0.1) is 17.1 Å². The molecule has 0 radical (unpaired) electrons. The van der Waals surface area contributed by atoms with Gasteiger partial charge in [-0.3, -0.25) is 9.59 Å². The lowest BCUT2D eigenvalue weighted by Crippen LogP contribution is -2.23. The molecule has 14 heavy (non-hydrogen) atoms. The lowest BCUT2D eigenvalue weighted by Gasteiger charge is -2.16. The number of hydrogen-bond acceptors (Lipinski definition) is 2. The number of hydrogen-bond donors (Lipinski definition) is 1. The number of anilines is 1. The molecule has 1 aromatic rings. The molecule has 0 bridgehead atoms. The van der Waals surface area contributed by atoms with Crippen molar-refractivity contribution in [3.8, 4) is 0 Å². The number of rotatable bonds is 0. The third-order valence-corrected chi connectivity index (χ3v) is 3.15. The standard InChI is InChI=1S/C9H5BrClNO2/c10-5-2-7-4(1-6(5)11)8(13)3-9(14)12-7/h1-2H,3H2,(H,12,14). The smallest absolute Gasteiger partial charge is 0.232 e. The van der Waals surface area contributed by atoms with Crippen molar-refractivity contribution in [2.24, 2.45) is 0 Å². The van der Waals surface area contributed by atoms with Crippen LogP contribution in [0.3, 0.4) is 0 Å². The van der Waals surface area contributed by atoms with Gasteiger partial charge in [-0.1, -0.05) is 11.6 Å². The number of carbonyl (C=O) groups is 2. The molecule has 0 atom stereocenters. The van der Waals surface area contributed by atoms with Gasteiger partial charge < -0.3 is 5.32 Å². The van der Waals surface area contributed by atoms with Crippen LogP contribution in [0.2, 0.25) is 5.02 Å². The quantitative estimate of drug-likeness (QED) is 0.739. The minimum atomic E-state index is -0.281. The lowest BCUT2D eigenvalue weighted by molar-refractivity contribution is -0.115. The normalized spacial score (nSPS) is 15.0. The fraction of sp³-hybridized carbons (Fsp3) is 0.111. The van der Waals surface area contributed by atoms with Gasteiger partial charge in [-0.15, -0.1) is 0 Å². The molecule has 1 heterocycles. The minimum absolute atomic E-state index is 0.106. The maximum absolute atomic E-state index is 11.4. The summed E-state index contributed by atoms with van der Waals surface area (Å²) in [7, 11) is 0. The highest BCUT2D eigenvalue weighted by molar-refractivity contribution is 9.10. The summed E-state index contributed by atoms with van der Waals surface area (Å²) < 4.78 is 0.660. The average Bonchev–Trinajstić information content (AvgIpc) is 2.08. The van der Waals surface area contributed by atoms with Crippen LogP contribution in [0.4, 0.5) is 5.69 Å². The van der Waals surface area contributed by atoms with E-state index < -0.39 is 0 Å².